The van der Waals surface area contributed by atoms with Crippen LogP contribution in [0.1, 0.15) is 24.2 Å². The SMILES string of the molecule is CC(C)[C@H]1[C@@H]2[C@@H](C(=O)O)[C@H]3C=C[C@]2(CN1C(=O)c1ccccc1)O3. The normalized spacial score (nSPS) is 36.4. The summed E-state index contributed by atoms with van der Waals surface area (Å²) >= 11 is 0. The summed E-state index contributed by atoms with van der Waals surface area (Å²) in [6.45, 7) is 4.51. The molecule has 0 saturated carbocycles. The molecule has 2 saturated heterocycles. The third-order valence-corrected chi connectivity index (χ3v) is 5.62. The van der Waals surface area contributed by atoms with Gasteiger partial charge in [-0.15, -0.1) is 0 Å². The monoisotopic (exact) mass is 327 g/mol. The van der Waals surface area contributed by atoms with Crippen molar-refractivity contribution in [2.24, 2.45) is 17.8 Å². The molecule has 1 spiro atoms. The number of hydrogen-bond donors (Lipinski definition) is 1. The molecule has 1 amide bonds. The number of benzene rings is 1. The molecule has 5 nitrogen and oxygen atoms in total. The second kappa shape index (κ2) is 5.18. The maximum atomic E-state index is 13.0. The fourth-order valence-corrected chi connectivity index (χ4v) is 4.77. The highest BCUT2D eigenvalue weighted by molar-refractivity contribution is 5.95. The minimum Gasteiger partial charge on any atom is -0.481 e. The van der Waals surface area contributed by atoms with Crippen molar-refractivity contribution in [3.63, 3.8) is 0 Å². The first-order chi connectivity index (χ1) is 11.4. The number of amides is 1. The van der Waals surface area contributed by atoms with E-state index in [0.717, 1.165) is 0 Å². The molecule has 1 aromatic carbocycles. The molecular weight excluding hydrogens is 306 g/mol. The molecule has 126 valence electrons. The van der Waals surface area contributed by atoms with Crippen LogP contribution in [0.5, 0.6) is 0 Å². The van der Waals surface area contributed by atoms with Crippen molar-refractivity contribution in [3.8, 4) is 0 Å². The van der Waals surface area contributed by atoms with Gasteiger partial charge in [0.2, 0.25) is 0 Å². The molecule has 1 aromatic rings. The summed E-state index contributed by atoms with van der Waals surface area (Å²) in [7, 11) is 0. The van der Waals surface area contributed by atoms with E-state index < -0.39 is 17.5 Å². The lowest BCUT2D eigenvalue weighted by atomic mass is 9.72. The topological polar surface area (TPSA) is 66.8 Å². The Morgan fingerprint density at radius 3 is 2.62 bits per heavy atom. The van der Waals surface area contributed by atoms with Gasteiger partial charge in [-0.25, -0.2) is 0 Å². The molecule has 5 heteroatoms. The molecule has 3 heterocycles. The summed E-state index contributed by atoms with van der Waals surface area (Å²) in [5.74, 6) is -1.52. The largest absolute Gasteiger partial charge is 0.481 e. The second-order valence-electron chi connectivity index (χ2n) is 7.32. The van der Waals surface area contributed by atoms with Crippen LogP contribution in [0.4, 0.5) is 0 Å². The molecule has 3 aliphatic rings. The summed E-state index contributed by atoms with van der Waals surface area (Å²) in [6.07, 6.45) is 3.46. The Hall–Kier alpha value is -2.14. The van der Waals surface area contributed by atoms with E-state index in [1.807, 2.05) is 49.1 Å². The van der Waals surface area contributed by atoms with Crippen LogP contribution in [-0.4, -0.2) is 46.2 Å². The summed E-state index contributed by atoms with van der Waals surface area (Å²) in [5.41, 5.74) is -0.0162. The van der Waals surface area contributed by atoms with Crippen molar-refractivity contribution >= 4 is 11.9 Å². The van der Waals surface area contributed by atoms with Gasteiger partial charge >= 0.3 is 5.97 Å². The van der Waals surface area contributed by atoms with Crippen LogP contribution in [-0.2, 0) is 9.53 Å². The van der Waals surface area contributed by atoms with E-state index in [9.17, 15) is 14.7 Å². The van der Waals surface area contributed by atoms with Gasteiger partial charge in [0, 0.05) is 17.5 Å². The molecule has 0 aromatic heterocycles. The van der Waals surface area contributed by atoms with Gasteiger partial charge in [-0.3, -0.25) is 9.59 Å². The van der Waals surface area contributed by atoms with E-state index in [2.05, 4.69) is 0 Å². The minimum absolute atomic E-state index is 0.0531. The first kappa shape index (κ1) is 15.4. The molecule has 4 rings (SSSR count). The van der Waals surface area contributed by atoms with Crippen LogP contribution >= 0.6 is 0 Å². The number of ether oxygens (including phenoxy) is 1. The van der Waals surface area contributed by atoms with E-state index in [1.165, 1.54) is 0 Å². The molecular formula is C19H21NO4. The van der Waals surface area contributed by atoms with E-state index >= 15 is 0 Å². The molecule has 2 bridgehead atoms. The van der Waals surface area contributed by atoms with Gasteiger partial charge < -0.3 is 14.7 Å². The van der Waals surface area contributed by atoms with E-state index in [0.29, 0.717) is 12.1 Å². The Balaban J connectivity index is 1.74. The van der Waals surface area contributed by atoms with Crippen molar-refractivity contribution in [3.05, 3.63) is 48.0 Å². The molecule has 0 unspecified atom stereocenters. The third kappa shape index (κ3) is 1.97. The number of carboxylic acids is 1. The average Bonchev–Trinajstić information content (AvgIpc) is 3.20. The predicted molar refractivity (Wildman–Crippen MR) is 87.5 cm³/mol. The molecule has 5 atom stereocenters. The maximum Gasteiger partial charge on any atom is 0.309 e. The van der Waals surface area contributed by atoms with Gasteiger partial charge in [0.25, 0.3) is 5.91 Å². The second-order valence-corrected chi connectivity index (χ2v) is 7.32. The van der Waals surface area contributed by atoms with Crippen molar-refractivity contribution in [1.29, 1.82) is 0 Å². The number of carbonyl (C=O) groups excluding carboxylic acids is 1. The fraction of sp³-hybridized carbons (Fsp3) is 0.474. The number of fused-ring (bicyclic) bond motifs is 1. The number of carboxylic acid groups (broad SMARTS) is 1. The van der Waals surface area contributed by atoms with Crippen molar-refractivity contribution in [2.75, 3.05) is 6.54 Å². The number of carbonyl (C=O) groups is 2. The highest BCUT2D eigenvalue weighted by atomic mass is 16.5. The van der Waals surface area contributed by atoms with Gasteiger partial charge in [0.05, 0.1) is 18.6 Å². The lowest BCUT2D eigenvalue weighted by molar-refractivity contribution is -0.144. The van der Waals surface area contributed by atoms with E-state index in [1.54, 1.807) is 12.1 Å². The molecule has 3 aliphatic heterocycles. The van der Waals surface area contributed by atoms with Crippen molar-refractivity contribution < 1.29 is 19.4 Å². The van der Waals surface area contributed by atoms with Gasteiger partial charge in [-0.05, 0) is 18.1 Å². The Morgan fingerprint density at radius 2 is 2.00 bits per heavy atom. The first-order valence-electron chi connectivity index (χ1n) is 8.40. The molecule has 2 fully saturated rings. The van der Waals surface area contributed by atoms with Crippen LogP contribution in [0, 0.1) is 17.8 Å². The quantitative estimate of drug-likeness (QED) is 0.864. The lowest BCUT2D eigenvalue weighted by Crippen LogP contribution is -2.46. The fourth-order valence-electron chi connectivity index (χ4n) is 4.77. The number of nitrogens with zero attached hydrogens (tertiary/aromatic N) is 1. The molecule has 0 aliphatic carbocycles. The predicted octanol–water partition coefficient (Wildman–Crippen LogP) is 2.19. The highest BCUT2D eigenvalue weighted by Gasteiger charge is 2.67. The van der Waals surface area contributed by atoms with Crippen LogP contribution < -0.4 is 0 Å². The van der Waals surface area contributed by atoms with Crippen LogP contribution in [0.3, 0.4) is 0 Å². The minimum atomic E-state index is -0.837. The van der Waals surface area contributed by atoms with Crippen LogP contribution in [0.15, 0.2) is 42.5 Å². The average molecular weight is 327 g/mol. The Labute approximate surface area is 140 Å². The van der Waals surface area contributed by atoms with Crippen molar-refractivity contribution in [1.82, 2.24) is 4.90 Å². The highest BCUT2D eigenvalue weighted by Crippen LogP contribution is 2.55. The Morgan fingerprint density at radius 1 is 1.29 bits per heavy atom. The summed E-state index contributed by atoms with van der Waals surface area (Å²) in [4.78, 5) is 26.7. The zero-order chi connectivity index (χ0) is 17.1. The standard InChI is InChI=1S/C19H21NO4/c1-11(2)16-15-14(18(22)23)13-8-9-19(15,24-13)10-20(16)17(21)12-6-4-3-5-7-12/h3-9,11,13-16H,10H2,1-2H3,(H,22,23)/t13-,14+,15+,16+,19-/m1/s1. The first-order valence-corrected chi connectivity index (χ1v) is 8.40. The van der Waals surface area contributed by atoms with Gasteiger partial charge in [0.15, 0.2) is 0 Å². The van der Waals surface area contributed by atoms with Gasteiger partial charge in [0.1, 0.15) is 5.60 Å². The third-order valence-electron chi connectivity index (χ3n) is 5.62. The van der Waals surface area contributed by atoms with E-state index in [-0.39, 0.29) is 29.9 Å². The van der Waals surface area contributed by atoms with Gasteiger partial charge in [-0.1, -0.05) is 44.2 Å². The zero-order valence-corrected chi connectivity index (χ0v) is 13.8. The number of hydrogen-bond acceptors (Lipinski definition) is 3. The van der Waals surface area contributed by atoms with Gasteiger partial charge in [-0.2, -0.15) is 0 Å². The summed E-state index contributed by atoms with van der Waals surface area (Å²) < 4.78 is 6.07. The summed E-state index contributed by atoms with van der Waals surface area (Å²) in [6, 6.07) is 9.02. The molecule has 24 heavy (non-hydrogen) atoms. The molecule has 1 N–H and O–H groups in total. The Bertz CT molecular complexity index is 713. The lowest BCUT2D eigenvalue weighted by Gasteiger charge is -2.33. The van der Waals surface area contributed by atoms with Crippen LogP contribution in [0.2, 0.25) is 0 Å². The maximum absolute atomic E-state index is 13.0. The number of likely N-dealkylation sites (tertiary alicyclic amines) is 1. The summed E-state index contributed by atoms with van der Waals surface area (Å²) in [5, 5.41) is 9.70. The van der Waals surface area contributed by atoms with E-state index in [4.69, 9.17) is 4.74 Å². The zero-order valence-electron chi connectivity index (χ0n) is 13.8. The van der Waals surface area contributed by atoms with Crippen molar-refractivity contribution in [2.45, 2.75) is 31.6 Å². The number of rotatable bonds is 3. The smallest absolute Gasteiger partial charge is 0.309 e. The number of aliphatic carboxylic acids is 1. The van der Waals surface area contributed by atoms with Crippen LogP contribution in [0.25, 0.3) is 0 Å². The Kier molecular flexibility index (Phi) is 3.32. The molecule has 0 radical (unpaired) electrons.